The van der Waals surface area contributed by atoms with E-state index < -0.39 is 0 Å². The predicted molar refractivity (Wildman–Crippen MR) is 117 cm³/mol. The number of aromatic nitrogens is 3. The lowest BCUT2D eigenvalue weighted by Crippen LogP contribution is -2.32. The van der Waals surface area contributed by atoms with Gasteiger partial charge in [-0.15, -0.1) is 10.2 Å². The fourth-order valence-corrected chi connectivity index (χ4v) is 4.15. The molecule has 4 rings (SSSR count). The molecule has 0 saturated carbocycles. The van der Waals surface area contributed by atoms with E-state index >= 15 is 0 Å². The van der Waals surface area contributed by atoms with Gasteiger partial charge in [0.05, 0.1) is 6.54 Å². The van der Waals surface area contributed by atoms with Crippen LogP contribution in [0.25, 0.3) is 5.69 Å². The molecule has 160 valence electrons. The van der Waals surface area contributed by atoms with Crippen molar-refractivity contribution in [2.45, 2.75) is 25.1 Å². The summed E-state index contributed by atoms with van der Waals surface area (Å²) >= 11 is 1.54. The van der Waals surface area contributed by atoms with Crippen molar-refractivity contribution in [2.75, 3.05) is 18.8 Å². The fraction of sp³-hybridized carbons (Fsp3) is 0.273. The average Bonchev–Trinajstić information content (AvgIpc) is 3.34. The summed E-state index contributed by atoms with van der Waals surface area (Å²) < 4.78 is 7.98. The lowest BCUT2D eigenvalue weighted by Gasteiger charge is -2.13. The van der Waals surface area contributed by atoms with E-state index in [1.807, 2.05) is 66.1 Å². The van der Waals surface area contributed by atoms with Crippen LogP contribution in [0.2, 0.25) is 0 Å². The van der Waals surface area contributed by atoms with E-state index in [0.29, 0.717) is 24.5 Å². The summed E-state index contributed by atoms with van der Waals surface area (Å²) in [5.41, 5.74) is 2.01. The van der Waals surface area contributed by atoms with E-state index in [4.69, 9.17) is 4.74 Å². The SMILES string of the molecule is Cc1ccccc1OCc1nnc(SCCCN2C(=O)CNC2=O)n1-c1ccccc1. The van der Waals surface area contributed by atoms with Crippen molar-refractivity contribution >= 4 is 23.7 Å². The molecule has 1 fully saturated rings. The Labute approximate surface area is 184 Å². The highest BCUT2D eigenvalue weighted by Gasteiger charge is 2.27. The molecule has 1 saturated heterocycles. The van der Waals surface area contributed by atoms with Gasteiger partial charge in [0, 0.05) is 18.0 Å². The third kappa shape index (κ3) is 4.88. The summed E-state index contributed by atoms with van der Waals surface area (Å²) in [7, 11) is 0. The number of hydrogen-bond donors (Lipinski definition) is 1. The minimum atomic E-state index is -0.321. The molecular weight excluding hydrogens is 414 g/mol. The van der Waals surface area contributed by atoms with Crippen molar-refractivity contribution in [3.63, 3.8) is 0 Å². The van der Waals surface area contributed by atoms with Crippen LogP contribution >= 0.6 is 11.8 Å². The number of para-hydroxylation sites is 2. The van der Waals surface area contributed by atoms with Gasteiger partial charge in [-0.05, 0) is 37.1 Å². The highest BCUT2D eigenvalue weighted by molar-refractivity contribution is 7.99. The maximum absolute atomic E-state index is 11.7. The average molecular weight is 438 g/mol. The molecule has 0 spiro atoms. The second-order valence-electron chi connectivity index (χ2n) is 7.03. The monoisotopic (exact) mass is 437 g/mol. The molecule has 8 nitrogen and oxygen atoms in total. The first-order valence-corrected chi connectivity index (χ1v) is 11.0. The van der Waals surface area contributed by atoms with Gasteiger partial charge in [-0.3, -0.25) is 14.3 Å². The number of hydrogen-bond acceptors (Lipinski definition) is 6. The molecule has 2 heterocycles. The Morgan fingerprint density at radius 1 is 1.06 bits per heavy atom. The molecule has 0 unspecified atom stereocenters. The van der Waals surface area contributed by atoms with Crippen LogP contribution in [0.1, 0.15) is 17.8 Å². The summed E-state index contributed by atoms with van der Waals surface area (Å²) in [6.45, 7) is 2.76. The van der Waals surface area contributed by atoms with Crippen LogP contribution in [-0.2, 0) is 11.4 Å². The molecule has 0 bridgehead atoms. The van der Waals surface area contributed by atoms with Crippen LogP contribution in [0.5, 0.6) is 5.75 Å². The van der Waals surface area contributed by atoms with Crippen LogP contribution in [-0.4, -0.2) is 50.4 Å². The maximum atomic E-state index is 11.7. The van der Waals surface area contributed by atoms with E-state index in [2.05, 4.69) is 15.5 Å². The first kappa shape index (κ1) is 20.9. The topological polar surface area (TPSA) is 89.4 Å². The van der Waals surface area contributed by atoms with Gasteiger partial charge in [-0.1, -0.05) is 48.2 Å². The molecule has 0 atom stereocenters. The molecule has 31 heavy (non-hydrogen) atoms. The molecule has 2 aromatic carbocycles. The van der Waals surface area contributed by atoms with E-state index in [9.17, 15) is 9.59 Å². The Hall–Kier alpha value is -3.33. The van der Waals surface area contributed by atoms with Gasteiger partial charge in [0.15, 0.2) is 11.0 Å². The van der Waals surface area contributed by atoms with Gasteiger partial charge in [-0.25, -0.2) is 4.79 Å². The third-order valence-corrected chi connectivity index (χ3v) is 5.87. The van der Waals surface area contributed by atoms with Crippen LogP contribution in [0.4, 0.5) is 4.79 Å². The van der Waals surface area contributed by atoms with Crippen LogP contribution in [0, 0.1) is 6.92 Å². The van der Waals surface area contributed by atoms with Crippen LogP contribution < -0.4 is 10.1 Å². The number of aryl methyl sites for hydroxylation is 1. The zero-order valence-corrected chi connectivity index (χ0v) is 18.0. The number of urea groups is 1. The van der Waals surface area contributed by atoms with Crippen molar-refractivity contribution in [3.8, 4) is 11.4 Å². The highest BCUT2D eigenvalue weighted by atomic mass is 32.2. The van der Waals surface area contributed by atoms with Crippen molar-refractivity contribution in [1.29, 1.82) is 0 Å². The molecular formula is C22H23N5O3S. The minimum absolute atomic E-state index is 0.0819. The Bertz CT molecular complexity index is 1050. The Balaban J connectivity index is 1.45. The van der Waals surface area contributed by atoms with Crippen molar-refractivity contribution in [1.82, 2.24) is 25.0 Å². The third-order valence-electron chi connectivity index (χ3n) is 4.86. The first-order valence-electron chi connectivity index (χ1n) is 10.0. The fourth-order valence-electron chi connectivity index (χ4n) is 3.25. The summed E-state index contributed by atoms with van der Waals surface area (Å²) in [5.74, 6) is 2.03. The molecule has 9 heteroatoms. The van der Waals surface area contributed by atoms with Gasteiger partial charge >= 0.3 is 6.03 Å². The number of imide groups is 1. The zero-order chi connectivity index (χ0) is 21.6. The second-order valence-corrected chi connectivity index (χ2v) is 8.09. The number of amides is 3. The van der Waals surface area contributed by atoms with Gasteiger partial charge in [0.2, 0.25) is 5.91 Å². The standard InChI is InChI=1S/C22H23N5O3S/c1-16-8-5-6-11-18(16)30-15-19-24-25-22(27(19)17-9-3-2-4-10-17)31-13-7-12-26-20(28)14-23-21(26)29/h2-6,8-11H,7,12-15H2,1H3,(H,23,29). The van der Waals surface area contributed by atoms with Crippen molar-refractivity contribution < 1.29 is 14.3 Å². The lowest BCUT2D eigenvalue weighted by molar-refractivity contribution is -0.124. The van der Waals surface area contributed by atoms with Gasteiger partial charge in [0.1, 0.15) is 12.4 Å². The Kier molecular flexibility index (Phi) is 6.51. The number of nitrogens with one attached hydrogen (secondary N) is 1. The van der Waals surface area contributed by atoms with Crippen LogP contribution in [0.3, 0.4) is 0 Å². The summed E-state index contributed by atoms with van der Waals surface area (Å²) in [5, 5.41) is 12.0. The number of carbonyl (C=O) groups excluding carboxylic acids is 2. The molecule has 1 aliphatic heterocycles. The number of nitrogens with zero attached hydrogens (tertiary/aromatic N) is 4. The first-order chi connectivity index (χ1) is 15.1. The molecule has 0 aliphatic carbocycles. The molecule has 3 amide bonds. The minimum Gasteiger partial charge on any atom is -0.485 e. The quantitative estimate of drug-likeness (QED) is 0.314. The van der Waals surface area contributed by atoms with Crippen molar-refractivity contribution in [2.24, 2.45) is 0 Å². The van der Waals surface area contributed by atoms with Gasteiger partial charge < -0.3 is 10.1 Å². The van der Waals surface area contributed by atoms with Gasteiger partial charge in [0.25, 0.3) is 0 Å². The zero-order valence-electron chi connectivity index (χ0n) is 17.2. The summed E-state index contributed by atoms with van der Waals surface area (Å²) in [6, 6.07) is 17.4. The van der Waals surface area contributed by atoms with Gasteiger partial charge in [-0.2, -0.15) is 0 Å². The lowest BCUT2D eigenvalue weighted by atomic mass is 10.2. The number of thioether (sulfide) groups is 1. The van der Waals surface area contributed by atoms with Crippen molar-refractivity contribution in [3.05, 3.63) is 66.0 Å². The molecule has 1 aromatic heterocycles. The van der Waals surface area contributed by atoms with E-state index in [-0.39, 0.29) is 25.1 Å². The highest BCUT2D eigenvalue weighted by Crippen LogP contribution is 2.24. The van der Waals surface area contributed by atoms with E-state index in [1.54, 1.807) is 0 Å². The van der Waals surface area contributed by atoms with E-state index in [1.165, 1.54) is 16.7 Å². The number of rotatable bonds is 9. The molecule has 0 radical (unpaired) electrons. The normalized spacial score (nSPS) is 13.5. The summed E-state index contributed by atoms with van der Waals surface area (Å²) in [6.07, 6.45) is 0.667. The van der Waals surface area contributed by atoms with E-state index in [0.717, 1.165) is 22.2 Å². The maximum Gasteiger partial charge on any atom is 0.324 e. The van der Waals surface area contributed by atoms with Crippen LogP contribution in [0.15, 0.2) is 59.8 Å². The second kappa shape index (κ2) is 9.65. The molecule has 1 aliphatic rings. The number of ether oxygens (including phenoxy) is 1. The predicted octanol–water partition coefficient (Wildman–Crippen LogP) is 3.19. The smallest absolute Gasteiger partial charge is 0.324 e. The number of carbonyl (C=O) groups is 2. The largest absolute Gasteiger partial charge is 0.485 e. The molecule has 1 N–H and O–H groups in total. The summed E-state index contributed by atoms with van der Waals surface area (Å²) in [4.78, 5) is 24.6. The Morgan fingerprint density at radius 3 is 2.58 bits per heavy atom. The number of benzene rings is 2. The Morgan fingerprint density at radius 2 is 1.84 bits per heavy atom. The molecule has 3 aromatic rings.